The van der Waals surface area contributed by atoms with Crippen molar-refractivity contribution >= 4 is 27.5 Å². The molecular formula is C13H15BrN4O. The Morgan fingerprint density at radius 1 is 1.47 bits per heavy atom. The van der Waals surface area contributed by atoms with Crippen LogP contribution in [0.4, 0.5) is 5.69 Å². The summed E-state index contributed by atoms with van der Waals surface area (Å²) in [7, 11) is 1.92. The normalized spacial score (nSPS) is 10.4. The van der Waals surface area contributed by atoms with Crippen LogP contribution in [0.3, 0.4) is 0 Å². The molecule has 0 aliphatic heterocycles. The zero-order valence-electron chi connectivity index (χ0n) is 10.6. The van der Waals surface area contributed by atoms with Crippen LogP contribution < -0.4 is 10.6 Å². The highest BCUT2D eigenvalue weighted by Crippen LogP contribution is 2.15. The van der Waals surface area contributed by atoms with Gasteiger partial charge in [-0.25, -0.2) is 4.98 Å². The molecule has 0 aliphatic carbocycles. The van der Waals surface area contributed by atoms with Gasteiger partial charge in [0.25, 0.3) is 0 Å². The molecule has 0 spiro atoms. The molecule has 1 aromatic heterocycles. The van der Waals surface area contributed by atoms with Crippen LogP contribution >= 0.6 is 15.9 Å². The molecule has 19 heavy (non-hydrogen) atoms. The van der Waals surface area contributed by atoms with E-state index in [-0.39, 0.29) is 12.5 Å². The molecule has 0 aliphatic rings. The van der Waals surface area contributed by atoms with Crippen LogP contribution in [-0.2, 0) is 18.4 Å². The van der Waals surface area contributed by atoms with Gasteiger partial charge in [-0.15, -0.1) is 0 Å². The second-order valence-electron chi connectivity index (χ2n) is 4.12. The highest BCUT2D eigenvalue weighted by molar-refractivity contribution is 9.10. The molecule has 2 N–H and O–H groups in total. The first kappa shape index (κ1) is 13.8. The summed E-state index contributed by atoms with van der Waals surface area (Å²) < 4.78 is 2.85. The molecule has 0 unspecified atom stereocenters. The maximum Gasteiger partial charge on any atom is 0.238 e. The van der Waals surface area contributed by atoms with Crippen molar-refractivity contribution in [2.75, 3.05) is 11.9 Å². The fraction of sp³-hybridized carbons (Fsp3) is 0.231. The molecule has 2 aromatic rings. The molecule has 100 valence electrons. The number of nitrogens with one attached hydrogen (secondary N) is 2. The molecule has 2 rings (SSSR count). The van der Waals surface area contributed by atoms with E-state index in [1.54, 1.807) is 6.20 Å². The number of anilines is 1. The number of nitrogens with zero attached hydrogens (tertiary/aromatic N) is 2. The van der Waals surface area contributed by atoms with Gasteiger partial charge >= 0.3 is 0 Å². The first-order valence-corrected chi connectivity index (χ1v) is 6.67. The van der Waals surface area contributed by atoms with Gasteiger partial charge in [-0.3, -0.25) is 4.79 Å². The van der Waals surface area contributed by atoms with Gasteiger partial charge in [0.1, 0.15) is 5.82 Å². The summed E-state index contributed by atoms with van der Waals surface area (Å²) in [6.07, 6.45) is 3.61. The Hall–Kier alpha value is -1.66. The molecule has 0 saturated carbocycles. The Morgan fingerprint density at radius 3 is 3.00 bits per heavy atom. The number of hydrogen-bond donors (Lipinski definition) is 2. The van der Waals surface area contributed by atoms with Crippen LogP contribution in [0, 0.1) is 0 Å². The van der Waals surface area contributed by atoms with Crippen LogP contribution in [0.5, 0.6) is 0 Å². The van der Waals surface area contributed by atoms with Crippen LogP contribution in [0.15, 0.2) is 41.1 Å². The van der Waals surface area contributed by atoms with Gasteiger partial charge < -0.3 is 15.2 Å². The number of hydrogen-bond acceptors (Lipinski definition) is 3. The maximum absolute atomic E-state index is 11.7. The highest BCUT2D eigenvalue weighted by atomic mass is 79.9. The third-order valence-electron chi connectivity index (χ3n) is 2.60. The lowest BCUT2D eigenvalue weighted by molar-refractivity contribution is -0.115. The number of carbonyl (C=O) groups is 1. The van der Waals surface area contributed by atoms with Gasteiger partial charge in [0.15, 0.2) is 0 Å². The predicted octanol–water partition coefficient (Wildman–Crippen LogP) is 1.91. The lowest BCUT2D eigenvalue weighted by Gasteiger charge is -2.07. The third-order valence-corrected chi connectivity index (χ3v) is 3.09. The summed E-state index contributed by atoms with van der Waals surface area (Å²) >= 11 is 3.36. The van der Waals surface area contributed by atoms with E-state index < -0.39 is 0 Å². The second kappa shape index (κ2) is 6.49. The minimum Gasteiger partial charge on any atom is -0.337 e. The lowest BCUT2D eigenvalue weighted by atomic mass is 10.3. The Bertz CT molecular complexity index is 567. The molecule has 6 heteroatoms. The van der Waals surface area contributed by atoms with Crippen LogP contribution in [0.1, 0.15) is 5.82 Å². The number of rotatable bonds is 5. The number of aromatic nitrogens is 2. The number of carbonyl (C=O) groups excluding carboxylic acids is 1. The summed E-state index contributed by atoms with van der Waals surface area (Å²) in [5.41, 5.74) is 0.776. The first-order chi connectivity index (χ1) is 9.15. The smallest absolute Gasteiger partial charge is 0.238 e. The van der Waals surface area contributed by atoms with Crippen molar-refractivity contribution in [3.05, 3.63) is 47.0 Å². The second-order valence-corrected chi connectivity index (χ2v) is 5.03. The van der Waals surface area contributed by atoms with E-state index in [1.165, 1.54) is 0 Å². The molecular weight excluding hydrogens is 308 g/mol. The van der Waals surface area contributed by atoms with E-state index in [1.807, 2.05) is 42.1 Å². The lowest BCUT2D eigenvalue weighted by Crippen LogP contribution is -2.28. The van der Waals surface area contributed by atoms with Gasteiger partial charge in [0.2, 0.25) is 5.91 Å². The van der Waals surface area contributed by atoms with E-state index in [0.29, 0.717) is 6.54 Å². The van der Waals surface area contributed by atoms with Crippen LogP contribution in [0.25, 0.3) is 0 Å². The molecule has 0 bridgehead atoms. The monoisotopic (exact) mass is 322 g/mol. The highest BCUT2D eigenvalue weighted by Gasteiger charge is 2.03. The fourth-order valence-electron chi connectivity index (χ4n) is 1.63. The van der Waals surface area contributed by atoms with Gasteiger partial charge in [-0.1, -0.05) is 22.0 Å². The third kappa shape index (κ3) is 4.18. The Labute approximate surface area is 120 Å². The number of aryl methyl sites for hydroxylation is 1. The van der Waals surface area contributed by atoms with Crippen molar-refractivity contribution < 1.29 is 4.79 Å². The van der Waals surface area contributed by atoms with Gasteiger partial charge in [-0.2, -0.15) is 0 Å². The van der Waals surface area contributed by atoms with E-state index in [0.717, 1.165) is 16.0 Å². The molecule has 5 nitrogen and oxygen atoms in total. The molecule has 1 aromatic carbocycles. The standard InChI is InChI=1S/C13H15BrN4O/c1-18-6-5-16-12(18)8-15-9-13(19)17-11-4-2-3-10(14)7-11/h2-7,15H,8-9H2,1H3,(H,17,19). The van der Waals surface area contributed by atoms with E-state index >= 15 is 0 Å². The van der Waals surface area contributed by atoms with Gasteiger partial charge in [-0.05, 0) is 18.2 Å². The average molecular weight is 323 g/mol. The van der Waals surface area contributed by atoms with Crippen molar-refractivity contribution in [3.8, 4) is 0 Å². The molecule has 1 heterocycles. The maximum atomic E-state index is 11.7. The number of benzene rings is 1. The zero-order chi connectivity index (χ0) is 13.7. The van der Waals surface area contributed by atoms with E-state index in [2.05, 4.69) is 31.5 Å². The molecule has 0 radical (unpaired) electrons. The van der Waals surface area contributed by atoms with Crippen molar-refractivity contribution in [3.63, 3.8) is 0 Å². The summed E-state index contributed by atoms with van der Waals surface area (Å²) in [4.78, 5) is 15.9. The Balaban J connectivity index is 1.77. The summed E-state index contributed by atoms with van der Waals surface area (Å²) in [5, 5.41) is 5.87. The average Bonchev–Trinajstić information content (AvgIpc) is 2.75. The number of amides is 1. The minimum absolute atomic E-state index is 0.0766. The van der Waals surface area contributed by atoms with E-state index in [9.17, 15) is 4.79 Å². The zero-order valence-corrected chi connectivity index (χ0v) is 12.1. The largest absolute Gasteiger partial charge is 0.337 e. The number of halogens is 1. The quantitative estimate of drug-likeness (QED) is 0.884. The van der Waals surface area contributed by atoms with Crippen LogP contribution in [0.2, 0.25) is 0 Å². The summed E-state index contributed by atoms with van der Waals surface area (Å²) in [6.45, 7) is 0.814. The first-order valence-electron chi connectivity index (χ1n) is 5.87. The van der Waals surface area contributed by atoms with E-state index in [4.69, 9.17) is 0 Å². The van der Waals surface area contributed by atoms with Crippen molar-refractivity contribution in [2.24, 2.45) is 7.05 Å². The summed E-state index contributed by atoms with van der Waals surface area (Å²) in [5.74, 6) is 0.822. The molecule has 0 fully saturated rings. The Kier molecular flexibility index (Phi) is 4.70. The van der Waals surface area contributed by atoms with Crippen LogP contribution in [-0.4, -0.2) is 22.0 Å². The topological polar surface area (TPSA) is 59.0 Å². The fourth-order valence-corrected chi connectivity index (χ4v) is 2.03. The molecule has 0 atom stereocenters. The Morgan fingerprint density at radius 2 is 2.32 bits per heavy atom. The van der Waals surface area contributed by atoms with Crippen molar-refractivity contribution in [1.82, 2.24) is 14.9 Å². The predicted molar refractivity (Wildman–Crippen MR) is 77.7 cm³/mol. The minimum atomic E-state index is -0.0766. The van der Waals surface area contributed by atoms with Gasteiger partial charge in [0.05, 0.1) is 13.1 Å². The van der Waals surface area contributed by atoms with Crippen molar-refractivity contribution in [2.45, 2.75) is 6.54 Å². The number of imidazole rings is 1. The van der Waals surface area contributed by atoms with Gasteiger partial charge in [0, 0.05) is 29.6 Å². The SMILES string of the molecule is Cn1ccnc1CNCC(=O)Nc1cccc(Br)c1. The molecule has 0 saturated heterocycles. The van der Waals surface area contributed by atoms with Crippen molar-refractivity contribution in [1.29, 1.82) is 0 Å². The molecule has 1 amide bonds. The summed E-state index contributed by atoms with van der Waals surface area (Å²) in [6, 6.07) is 7.49.